The van der Waals surface area contributed by atoms with Crippen molar-refractivity contribution < 1.29 is 28.6 Å². The number of hydrogen-bond donors (Lipinski definition) is 0. The van der Waals surface area contributed by atoms with Gasteiger partial charge in [0.25, 0.3) is 0 Å². The number of rotatable bonds is 5. The van der Waals surface area contributed by atoms with Crippen LogP contribution in [0.5, 0.6) is 0 Å². The lowest BCUT2D eigenvalue weighted by Gasteiger charge is -2.15. The second-order valence-corrected chi connectivity index (χ2v) is 2.84. The predicted octanol–water partition coefficient (Wildman–Crippen LogP) is 3.12. The lowest BCUT2D eigenvalue weighted by molar-refractivity contribution is -0.163. The Morgan fingerprint density at radius 2 is 0.952 bits per heavy atom. The van der Waals surface area contributed by atoms with E-state index in [4.69, 9.17) is 4.74 Å². The molecule has 0 N–H and O–H groups in total. The van der Waals surface area contributed by atoms with Gasteiger partial charge in [-0.05, 0) is 0 Å². The summed E-state index contributed by atoms with van der Waals surface area (Å²) in [5, 5.41) is 0. The zero-order chi connectivity index (χ0) is 17.8. The molecule has 0 fully saturated rings. The molecule has 0 saturated heterocycles. The lowest BCUT2D eigenvalue weighted by atomic mass is 10.4. The Bertz CT molecular complexity index is 233. The van der Waals surface area contributed by atoms with Crippen LogP contribution in [0.1, 0.15) is 62.3 Å². The first-order valence-electron chi connectivity index (χ1n) is 7.35. The molecule has 6 heteroatoms. The average molecular weight is 308 g/mol. The monoisotopic (exact) mass is 308 g/mol. The topological polar surface area (TPSA) is 78.9 Å². The van der Waals surface area contributed by atoms with Gasteiger partial charge in [-0.25, -0.2) is 0 Å². The second kappa shape index (κ2) is 23.5. The Labute approximate surface area is 129 Å². The highest BCUT2D eigenvalue weighted by Crippen LogP contribution is 1.97. The molecule has 0 amide bonds. The van der Waals surface area contributed by atoms with Gasteiger partial charge in [0, 0.05) is 20.8 Å². The zero-order valence-electron chi connectivity index (χ0n) is 14.9. The maximum Gasteiger partial charge on any atom is 0.303 e. The average Bonchev–Trinajstić information content (AvgIpc) is 2.47. The molecule has 0 aromatic heterocycles. The van der Waals surface area contributed by atoms with Gasteiger partial charge < -0.3 is 14.2 Å². The minimum atomic E-state index is -0.754. The van der Waals surface area contributed by atoms with E-state index < -0.39 is 24.0 Å². The van der Waals surface area contributed by atoms with Gasteiger partial charge in [-0.3, -0.25) is 14.4 Å². The Hall–Kier alpha value is -1.59. The molecule has 0 radical (unpaired) electrons. The van der Waals surface area contributed by atoms with Crippen molar-refractivity contribution in [3.05, 3.63) is 0 Å². The molecule has 6 nitrogen and oxygen atoms in total. The summed E-state index contributed by atoms with van der Waals surface area (Å²) < 4.78 is 14.0. The summed E-state index contributed by atoms with van der Waals surface area (Å²) in [4.78, 5) is 31.6. The van der Waals surface area contributed by atoms with Crippen molar-refractivity contribution in [1.82, 2.24) is 0 Å². The summed E-state index contributed by atoms with van der Waals surface area (Å²) in [6.07, 6.45) is -0.754. The van der Waals surface area contributed by atoms with Crippen molar-refractivity contribution in [3.8, 4) is 0 Å². The highest BCUT2D eigenvalue weighted by molar-refractivity contribution is 5.67. The molecule has 0 saturated carbocycles. The van der Waals surface area contributed by atoms with E-state index >= 15 is 0 Å². The van der Waals surface area contributed by atoms with Gasteiger partial charge in [0.15, 0.2) is 6.10 Å². The summed E-state index contributed by atoms with van der Waals surface area (Å²) in [7, 11) is 0. The van der Waals surface area contributed by atoms with Crippen molar-refractivity contribution in [1.29, 1.82) is 0 Å². The van der Waals surface area contributed by atoms with Crippen LogP contribution in [0.4, 0.5) is 0 Å². The van der Waals surface area contributed by atoms with Gasteiger partial charge in [-0.15, -0.1) is 0 Å². The van der Waals surface area contributed by atoms with Crippen LogP contribution in [-0.2, 0) is 28.6 Å². The highest BCUT2D eigenvalue weighted by atomic mass is 16.6. The summed E-state index contributed by atoms with van der Waals surface area (Å²) in [5.74, 6) is -1.51. The van der Waals surface area contributed by atoms with Crippen LogP contribution < -0.4 is 0 Å². The first kappa shape index (κ1) is 27.7. The molecule has 0 spiro atoms. The molecule has 0 heterocycles. The van der Waals surface area contributed by atoms with Crippen molar-refractivity contribution in [3.63, 3.8) is 0 Å². The van der Waals surface area contributed by atoms with Crippen LogP contribution in [0.25, 0.3) is 0 Å². The molecule has 0 bridgehead atoms. The van der Waals surface area contributed by atoms with E-state index in [1.165, 1.54) is 20.8 Å². The quantitative estimate of drug-likeness (QED) is 0.573. The van der Waals surface area contributed by atoms with Crippen molar-refractivity contribution in [2.75, 3.05) is 13.2 Å². The summed E-state index contributed by atoms with van der Waals surface area (Å²) in [6.45, 7) is 15.4. The molecular weight excluding hydrogens is 276 g/mol. The molecule has 0 unspecified atom stereocenters. The van der Waals surface area contributed by atoms with Gasteiger partial charge in [-0.1, -0.05) is 41.5 Å². The SMILES string of the molecule is CC.CC.CC.CC(=O)OCC(COC(C)=O)OC(C)=O. The molecule has 0 atom stereocenters. The van der Waals surface area contributed by atoms with E-state index in [1.807, 2.05) is 41.5 Å². The minimum absolute atomic E-state index is 0.123. The maximum atomic E-state index is 10.6. The van der Waals surface area contributed by atoms with Gasteiger partial charge in [0.2, 0.25) is 0 Å². The van der Waals surface area contributed by atoms with Crippen LogP contribution in [0.3, 0.4) is 0 Å². The maximum absolute atomic E-state index is 10.6. The molecule has 0 aliphatic heterocycles. The van der Waals surface area contributed by atoms with Gasteiger partial charge >= 0.3 is 17.9 Å². The Morgan fingerprint density at radius 1 is 0.667 bits per heavy atom. The molecule has 21 heavy (non-hydrogen) atoms. The number of esters is 3. The fourth-order valence-corrected chi connectivity index (χ4v) is 0.771. The summed E-state index contributed by atoms with van der Waals surface area (Å²) in [6, 6.07) is 0. The van der Waals surface area contributed by atoms with Crippen LogP contribution in [0.2, 0.25) is 0 Å². The third-order valence-electron chi connectivity index (χ3n) is 1.28. The zero-order valence-corrected chi connectivity index (χ0v) is 14.9. The fraction of sp³-hybridized carbons (Fsp3) is 0.800. The third kappa shape index (κ3) is 32.2. The van der Waals surface area contributed by atoms with Gasteiger partial charge in [-0.2, -0.15) is 0 Å². The van der Waals surface area contributed by atoms with Gasteiger partial charge in [0.05, 0.1) is 0 Å². The van der Waals surface area contributed by atoms with E-state index in [0.717, 1.165) is 0 Å². The smallest absolute Gasteiger partial charge is 0.303 e. The first-order chi connectivity index (χ1) is 9.91. The summed E-state index contributed by atoms with van der Waals surface area (Å²) >= 11 is 0. The predicted molar refractivity (Wildman–Crippen MR) is 82.9 cm³/mol. The van der Waals surface area contributed by atoms with E-state index in [0.29, 0.717) is 0 Å². The molecule has 0 rings (SSSR count). The molecule has 0 aliphatic carbocycles. The van der Waals surface area contributed by atoms with E-state index in [-0.39, 0.29) is 13.2 Å². The van der Waals surface area contributed by atoms with Crippen LogP contribution in [0.15, 0.2) is 0 Å². The van der Waals surface area contributed by atoms with Crippen LogP contribution in [0, 0.1) is 0 Å². The Balaban J connectivity index is -0.000000212. The third-order valence-corrected chi connectivity index (χ3v) is 1.28. The van der Waals surface area contributed by atoms with E-state index in [1.54, 1.807) is 0 Å². The molecule has 0 aromatic carbocycles. The minimum Gasteiger partial charge on any atom is -0.462 e. The molecule has 0 aliphatic rings. The second-order valence-electron chi connectivity index (χ2n) is 2.84. The summed E-state index contributed by atoms with van der Waals surface area (Å²) in [5.41, 5.74) is 0. The van der Waals surface area contributed by atoms with Crippen molar-refractivity contribution in [2.45, 2.75) is 68.4 Å². The van der Waals surface area contributed by atoms with E-state index in [2.05, 4.69) is 9.47 Å². The number of carbonyl (C=O) groups excluding carboxylic acids is 3. The standard InChI is InChI=1S/C9H14O6.3C2H6/c1-6(10)13-4-9(15-8(3)12)5-14-7(2)11;3*1-2/h9H,4-5H2,1-3H3;3*1-2H3. The Morgan fingerprint density at radius 3 is 1.14 bits per heavy atom. The van der Waals surface area contributed by atoms with Crippen LogP contribution in [-0.4, -0.2) is 37.2 Å². The number of hydrogen-bond acceptors (Lipinski definition) is 6. The number of ether oxygens (including phenoxy) is 3. The largest absolute Gasteiger partial charge is 0.462 e. The molecule has 128 valence electrons. The number of carbonyl (C=O) groups is 3. The molecule has 0 aromatic rings. The van der Waals surface area contributed by atoms with Crippen molar-refractivity contribution >= 4 is 17.9 Å². The molecular formula is C15H32O6. The van der Waals surface area contributed by atoms with E-state index in [9.17, 15) is 14.4 Å². The van der Waals surface area contributed by atoms with Crippen molar-refractivity contribution in [2.24, 2.45) is 0 Å². The normalized spacial score (nSPS) is 7.71. The van der Waals surface area contributed by atoms with Gasteiger partial charge in [0.1, 0.15) is 13.2 Å². The first-order valence-corrected chi connectivity index (χ1v) is 7.35. The van der Waals surface area contributed by atoms with Crippen LogP contribution >= 0.6 is 0 Å². The highest BCUT2D eigenvalue weighted by Gasteiger charge is 2.15. The Kier molecular flexibility index (Phi) is 31.0. The lowest BCUT2D eigenvalue weighted by Crippen LogP contribution is -2.29. The fourth-order valence-electron chi connectivity index (χ4n) is 0.771.